The maximum atomic E-state index is 5.88. The van der Waals surface area contributed by atoms with Gasteiger partial charge in [0, 0.05) is 0 Å². The van der Waals surface area contributed by atoms with E-state index in [1.165, 1.54) is 32.1 Å². The van der Waals surface area contributed by atoms with E-state index >= 15 is 0 Å². The molecule has 3 aliphatic rings. The van der Waals surface area contributed by atoms with Gasteiger partial charge < -0.3 is 4.74 Å². The van der Waals surface area contributed by atoms with Gasteiger partial charge in [-0.2, -0.15) is 0 Å². The molecule has 1 heteroatoms. The van der Waals surface area contributed by atoms with Crippen LogP contribution in [0.1, 0.15) is 32.1 Å². The Labute approximate surface area is 61.8 Å². The maximum Gasteiger partial charge on any atom is 0.0608 e. The molecule has 1 nitrogen and oxygen atoms in total. The molecule has 1 heterocycles. The van der Waals surface area contributed by atoms with Crippen molar-refractivity contribution in [3.8, 4) is 0 Å². The number of hydrogen-bond donors (Lipinski definition) is 0. The number of hydrogen-bond acceptors (Lipinski definition) is 1. The summed E-state index contributed by atoms with van der Waals surface area (Å²) >= 11 is 0. The highest BCUT2D eigenvalue weighted by molar-refractivity contribution is 4.94. The monoisotopic (exact) mass is 138 g/mol. The van der Waals surface area contributed by atoms with Gasteiger partial charge >= 0.3 is 0 Å². The molecule has 0 amide bonds. The van der Waals surface area contributed by atoms with Crippen LogP contribution in [0.25, 0.3) is 0 Å². The van der Waals surface area contributed by atoms with E-state index in [2.05, 4.69) is 0 Å². The van der Waals surface area contributed by atoms with Gasteiger partial charge in [-0.1, -0.05) is 0 Å². The molecule has 3 fully saturated rings. The van der Waals surface area contributed by atoms with Crippen LogP contribution in [0, 0.1) is 11.8 Å². The molecule has 1 aliphatic heterocycles. The van der Waals surface area contributed by atoms with Gasteiger partial charge in [-0.05, 0) is 43.9 Å². The lowest BCUT2D eigenvalue weighted by Gasteiger charge is -2.31. The van der Waals surface area contributed by atoms with Crippen molar-refractivity contribution in [2.24, 2.45) is 11.8 Å². The van der Waals surface area contributed by atoms with Crippen molar-refractivity contribution >= 4 is 0 Å². The Morgan fingerprint density at radius 1 is 1.00 bits per heavy atom. The lowest BCUT2D eigenvalue weighted by molar-refractivity contribution is 0.0437. The number of ether oxygens (including phenoxy) is 1. The Morgan fingerprint density at radius 2 is 2.00 bits per heavy atom. The van der Waals surface area contributed by atoms with E-state index in [1.807, 2.05) is 0 Å². The third-order valence-electron chi connectivity index (χ3n) is 3.55. The molecule has 4 unspecified atom stereocenters. The Balaban J connectivity index is 1.94. The summed E-state index contributed by atoms with van der Waals surface area (Å²) in [6.45, 7) is 0. The molecule has 0 spiro atoms. The third kappa shape index (κ3) is 0.619. The van der Waals surface area contributed by atoms with Gasteiger partial charge in [0.1, 0.15) is 0 Å². The minimum atomic E-state index is 0.677. The third-order valence-corrected chi connectivity index (χ3v) is 3.55. The molecule has 1 saturated heterocycles. The van der Waals surface area contributed by atoms with E-state index in [-0.39, 0.29) is 0 Å². The molecule has 0 aromatic heterocycles. The van der Waals surface area contributed by atoms with Crippen LogP contribution in [-0.4, -0.2) is 12.2 Å². The minimum absolute atomic E-state index is 0.677. The van der Waals surface area contributed by atoms with Crippen molar-refractivity contribution in [3.05, 3.63) is 0 Å². The Morgan fingerprint density at radius 3 is 3.00 bits per heavy atom. The van der Waals surface area contributed by atoms with Crippen LogP contribution in [-0.2, 0) is 4.74 Å². The number of rotatable bonds is 0. The average molecular weight is 138 g/mol. The first-order valence-corrected chi connectivity index (χ1v) is 4.57. The van der Waals surface area contributed by atoms with E-state index in [1.54, 1.807) is 0 Å². The molecule has 10 heavy (non-hydrogen) atoms. The summed E-state index contributed by atoms with van der Waals surface area (Å²) in [5, 5.41) is 0. The van der Waals surface area contributed by atoms with Crippen molar-refractivity contribution in [3.63, 3.8) is 0 Å². The Bertz CT molecular complexity index is 145. The maximum absolute atomic E-state index is 5.88. The summed E-state index contributed by atoms with van der Waals surface area (Å²) in [6.07, 6.45) is 8.44. The standard InChI is InChI=1S/C9H14O/c1-2-9-7-3-6(1)4-8(5-7)10-9/h6-9H,1-5H2. The van der Waals surface area contributed by atoms with Crippen molar-refractivity contribution in [2.75, 3.05) is 0 Å². The van der Waals surface area contributed by atoms with Gasteiger partial charge in [-0.15, -0.1) is 0 Å². The van der Waals surface area contributed by atoms with E-state index in [4.69, 9.17) is 4.74 Å². The highest BCUT2D eigenvalue weighted by Gasteiger charge is 2.44. The van der Waals surface area contributed by atoms with Gasteiger partial charge in [0.2, 0.25) is 0 Å². The van der Waals surface area contributed by atoms with Crippen molar-refractivity contribution in [1.82, 2.24) is 0 Å². The van der Waals surface area contributed by atoms with Crippen LogP contribution in [0.2, 0.25) is 0 Å². The molecule has 0 radical (unpaired) electrons. The normalized spacial score (nSPS) is 57.6. The van der Waals surface area contributed by atoms with E-state index in [0.29, 0.717) is 12.2 Å². The van der Waals surface area contributed by atoms with Crippen LogP contribution < -0.4 is 0 Å². The van der Waals surface area contributed by atoms with Gasteiger partial charge in [0.05, 0.1) is 12.2 Å². The lowest BCUT2D eigenvalue weighted by Crippen LogP contribution is -2.26. The molecule has 0 N–H and O–H groups in total. The van der Waals surface area contributed by atoms with Crippen LogP contribution >= 0.6 is 0 Å². The van der Waals surface area contributed by atoms with Crippen molar-refractivity contribution in [1.29, 1.82) is 0 Å². The summed E-state index contributed by atoms with van der Waals surface area (Å²) in [5.41, 5.74) is 0. The van der Waals surface area contributed by atoms with Gasteiger partial charge in [-0.25, -0.2) is 0 Å². The average Bonchev–Trinajstić information content (AvgIpc) is 2.11. The van der Waals surface area contributed by atoms with Crippen LogP contribution in [0.15, 0.2) is 0 Å². The van der Waals surface area contributed by atoms with Gasteiger partial charge in [-0.3, -0.25) is 0 Å². The first kappa shape index (κ1) is 5.59. The summed E-state index contributed by atoms with van der Waals surface area (Å²) in [7, 11) is 0. The van der Waals surface area contributed by atoms with Gasteiger partial charge in [0.15, 0.2) is 0 Å². The zero-order valence-corrected chi connectivity index (χ0v) is 6.25. The van der Waals surface area contributed by atoms with E-state index in [9.17, 15) is 0 Å². The largest absolute Gasteiger partial charge is 0.375 e. The van der Waals surface area contributed by atoms with Crippen molar-refractivity contribution < 1.29 is 4.74 Å². The molecular weight excluding hydrogens is 124 g/mol. The Hall–Kier alpha value is -0.0400. The second kappa shape index (κ2) is 1.76. The van der Waals surface area contributed by atoms with Gasteiger partial charge in [0.25, 0.3) is 0 Å². The lowest BCUT2D eigenvalue weighted by atomic mass is 9.72. The second-order valence-electron chi connectivity index (χ2n) is 4.21. The quantitative estimate of drug-likeness (QED) is 0.497. The molecule has 3 bridgehead atoms. The summed E-state index contributed by atoms with van der Waals surface area (Å²) < 4.78 is 5.88. The molecule has 56 valence electrons. The first-order valence-electron chi connectivity index (χ1n) is 4.57. The summed E-state index contributed by atoms with van der Waals surface area (Å²) in [5.74, 6) is 2.01. The van der Waals surface area contributed by atoms with E-state index in [0.717, 1.165) is 11.8 Å². The molecule has 0 aromatic rings. The molecule has 0 aromatic carbocycles. The smallest absolute Gasteiger partial charge is 0.0608 e. The zero-order chi connectivity index (χ0) is 6.55. The second-order valence-corrected chi connectivity index (χ2v) is 4.21. The fourth-order valence-corrected chi connectivity index (χ4v) is 3.14. The van der Waals surface area contributed by atoms with Crippen LogP contribution in [0.5, 0.6) is 0 Å². The predicted molar refractivity (Wildman–Crippen MR) is 38.7 cm³/mol. The van der Waals surface area contributed by atoms with E-state index < -0.39 is 0 Å². The SMILES string of the molecule is C1CC2OC3CC1CC2C3. The Kier molecular flexibility index (Phi) is 0.984. The fourth-order valence-electron chi connectivity index (χ4n) is 3.14. The highest BCUT2D eigenvalue weighted by Crippen LogP contribution is 2.48. The molecule has 2 aliphatic carbocycles. The summed E-state index contributed by atoms with van der Waals surface area (Å²) in [6, 6.07) is 0. The topological polar surface area (TPSA) is 9.23 Å². The summed E-state index contributed by atoms with van der Waals surface area (Å²) in [4.78, 5) is 0. The van der Waals surface area contributed by atoms with Crippen LogP contribution in [0.4, 0.5) is 0 Å². The minimum Gasteiger partial charge on any atom is -0.375 e. The highest BCUT2D eigenvalue weighted by atomic mass is 16.5. The zero-order valence-electron chi connectivity index (χ0n) is 6.25. The fraction of sp³-hybridized carbons (Fsp3) is 1.00. The first-order chi connectivity index (χ1) is 4.92. The molecule has 2 saturated carbocycles. The molecular formula is C9H14O. The van der Waals surface area contributed by atoms with Crippen LogP contribution in [0.3, 0.4) is 0 Å². The predicted octanol–water partition coefficient (Wildman–Crippen LogP) is 1.96. The number of fused-ring (bicyclic) bond motifs is 2. The molecule has 3 rings (SSSR count). The van der Waals surface area contributed by atoms with Crippen molar-refractivity contribution in [2.45, 2.75) is 44.3 Å². The molecule has 4 atom stereocenters.